The number of nitro benzene ring substituents is 1. The van der Waals surface area contributed by atoms with Crippen LogP contribution in [0.5, 0.6) is 0 Å². The number of anilines is 1. The summed E-state index contributed by atoms with van der Waals surface area (Å²) in [6.07, 6.45) is 0. The molecule has 0 aliphatic carbocycles. The van der Waals surface area contributed by atoms with Gasteiger partial charge in [0.2, 0.25) is 0 Å². The summed E-state index contributed by atoms with van der Waals surface area (Å²) in [7, 11) is 0. The average Bonchev–Trinajstić information content (AvgIpc) is 3.27. The molecule has 1 aromatic heterocycles. The number of carbonyl (C=O) groups is 2. The van der Waals surface area contributed by atoms with Crippen molar-refractivity contribution >= 4 is 40.2 Å². The Balaban J connectivity index is 1.64. The Hall–Kier alpha value is -3.85. The van der Waals surface area contributed by atoms with Gasteiger partial charge in [0.05, 0.1) is 15.5 Å². The number of hydrazone groups is 1. The summed E-state index contributed by atoms with van der Waals surface area (Å²) in [6.45, 7) is 3.31. The molecule has 2 N–H and O–H groups in total. The standard InChI is InChI=1S/C21H18N4O4S/c1-13-12-16(7-10-18(13)25(28)29)20(26)24-23-14(2)15-5-8-17(9-6-15)22-21(27)19-4-3-11-30-19/h3-12H,1-2H3,(H,22,27)(H,24,26). The van der Waals surface area contributed by atoms with Crippen LogP contribution < -0.4 is 10.7 Å². The first kappa shape index (κ1) is 20.9. The van der Waals surface area contributed by atoms with E-state index >= 15 is 0 Å². The molecule has 0 spiro atoms. The molecule has 3 rings (SSSR count). The van der Waals surface area contributed by atoms with Crippen LogP contribution in [-0.4, -0.2) is 22.4 Å². The molecule has 8 nitrogen and oxygen atoms in total. The lowest BCUT2D eigenvalue weighted by atomic mass is 10.1. The fourth-order valence-electron chi connectivity index (χ4n) is 2.66. The van der Waals surface area contributed by atoms with Crippen molar-refractivity contribution in [2.45, 2.75) is 13.8 Å². The molecule has 0 aliphatic rings. The smallest absolute Gasteiger partial charge is 0.272 e. The molecule has 9 heteroatoms. The summed E-state index contributed by atoms with van der Waals surface area (Å²) in [5.74, 6) is -0.638. The zero-order chi connectivity index (χ0) is 21.7. The van der Waals surface area contributed by atoms with E-state index in [-0.39, 0.29) is 17.2 Å². The highest BCUT2D eigenvalue weighted by molar-refractivity contribution is 7.12. The molecule has 2 amide bonds. The highest BCUT2D eigenvalue weighted by Gasteiger charge is 2.13. The van der Waals surface area contributed by atoms with Crippen molar-refractivity contribution < 1.29 is 14.5 Å². The number of amides is 2. The molecule has 0 saturated carbocycles. The Bertz CT molecular complexity index is 1120. The van der Waals surface area contributed by atoms with E-state index in [1.807, 2.05) is 11.4 Å². The van der Waals surface area contributed by atoms with Crippen molar-refractivity contribution in [3.63, 3.8) is 0 Å². The average molecular weight is 422 g/mol. The molecular weight excluding hydrogens is 404 g/mol. The van der Waals surface area contributed by atoms with Crippen molar-refractivity contribution in [1.29, 1.82) is 0 Å². The summed E-state index contributed by atoms with van der Waals surface area (Å²) in [6, 6.07) is 14.8. The highest BCUT2D eigenvalue weighted by Crippen LogP contribution is 2.19. The van der Waals surface area contributed by atoms with E-state index in [9.17, 15) is 19.7 Å². The minimum Gasteiger partial charge on any atom is -0.321 e. The van der Waals surface area contributed by atoms with Crippen LogP contribution in [0.2, 0.25) is 0 Å². The van der Waals surface area contributed by atoms with Crippen LogP contribution in [0.25, 0.3) is 0 Å². The molecule has 30 heavy (non-hydrogen) atoms. The normalized spacial score (nSPS) is 11.1. The lowest BCUT2D eigenvalue weighted by molar-refractivity contribution is -0.385. The van der Waals surface area contributed by atoms with Crippen molar-refractivity contribution in [2.24, 2.45) is 5.10 Å². The van der Waals surface area contributed by atoms with E-state index < -0.39 is 10.8 Å². The largest absolute Gasteiger partial charge is 0.321 e. The van der Waals surface area contributed by atoms with Gasteiger partial charge in [0.1, 0.15) is 0 Å². The molecular formula is C21H18N4O4S. The molecule has 1 heterocycles. The molecule has 3 aromatic rings. The lowest BCUT2D eigenvalue weighted by Gasteiger charge is -2.06. The van der Waals surface area contributed by atoms with Crippen LogP contribution in [0.3, 0.4) is 0 Å². The summed E-state index contributed by atoms with van der Waals surface area (Å²) in [5.41, 5.74) is 5.07. The van der Waals surface area contributed by atoms with Gasteiger partial charge in [-0.05, 0) is 55.1 Å². The Kier molecular flexibility index (Phi) is 6.33. The van der Waals surface area contributed by atoms with Crippen LogP contribution in [0.1, 0.15) is 38.1 Å². The number of aryl methyl sites for hydroxylation is 1. The number of nitro groups is 1. The maximum atomic E-state index is 12.3. The minimum atomic E-state index is -0.494. The Morgan fingerprint density at radius 2 is 1.73 bits per heavy atom. The minimum absolute atomic E-state index is 0.0440. The van der Waals surface area contributed by atoms with Gasteiger partial charge in [0, 0.05) is 22.9 Å². The third-order valence-corrected chi connectivity index (χ3v) is 5.15. The number of hydrogen-bond acceptors (Lipinski definition) is 6. The Morgan fingerprint density at radius 3 is 2.33 bits per heavy atom. The van der Waals surface area contributed by atoms with E-state index in [2.05, 4.69) is 15.8 Å². The zero-order valence-electron chi connectivity index (χ0n) is 16.2. The number of benzene rings is 2. The van der Waals surface area contributed by atoms with Gasteiger partial charge in [-0.3, -0.25) is 19.7 Å². The molecule has 0 atom stereocenters. The molecule has 2 aromatic carbocycles. The molecule has 0 bridgehead atoms. The van der Waals surface area contributed by atoms with Crippen molar-refractivity contribution in [3.8, 4) is 0 Å². The van der Waals surface area contributed by atoms with E-state index in [4.69, 9.17) is 0 Å². The topological polar surface area (TPSA) is 114 Å². The molecule has 0 saturated heterocycles. The quantitative estimate of drug-likeness (QED) is 0.349. The molecule has 152 valence electrons. The van der Waals surface area contributed by atoms with Crippen LogP contribution >= 0.6 is 11.3 Å². The number of hydrogen-bond donors (Lipinski definition) is 2. The Morgan fingerprint density at radius 1 is 1.03 bits per heavy atom. The monoisotopic (exact) mass is 422 g/mol. The first-order valence-corrected chi connectivity index (χ1v) is 9.78. The SMILES string of the molecule is CC(=NNC(=O)c1ccc([N+](=O)[O-])c(C)c1)c1ccc(NC(=O)c2cccs2)cc1. The van der Waals surface area contributed by atoms with Gasteiger partial charge >= 0.3 is 0 Å². The van der Waals surface area contributed by atoms with E-state index in [1.54, 1.807) is 44.2 Å². The lowest BCUT2D eigenvalue weighted by Crippen LogP contribution is -2.19. The third kappa shape index (κ3) is 4.95. The second kappa shape index (κ2) is 9.10. The summed E-state index contributed by atoms with van der Waals surface area (Å²) < 4.78 is 0. The number of thiophene rings is 1. The van der Waals surface area contributed by atoms with Crippen LogP contribution in [0.4, 0.5) is 11.4 Å². The van der Waals surface area contributed by atoms with E-state index in [1.165, 1.54) is 29.5 Å². The second-order valence-electron chi connectivity index (χ2n) is 6.41. The van der Waals surface area contributed by atoms with Gasteiger partial charge in [-0.15, -0.1) is 11.3 Å². The van der Waals surface area contributed by atoms with Crippen molar-refractivity contribution in [3.05, 3.63) is 91.7 Å². The number of rotatable bonds is 6. The molecule has 0 unspecified atom stereocenters. The molecule has 0 fully saturated rings. The Labute approximate surface area is 176 Å². The van der Waals surface area contributed by atoms with Gasteiger partial charge in [-0.1, -0.05) is 18.2 Å². The van der Waals surface area contributed by atoms with Crippen LogP contribution in [-0.2, 0) is 0 Å². The first-order chi connectivity index (χ1) is 14.3. The number of nitrogens with zero attached hydrogens (tertiary/aromatic N) is 2. The van der Waals surface area contributed by atoms with Crippen molar-refractivity contribution in [1.82, 2.24) is 5.43 Å². The summed E-state index contributed by atoms with van der Waals surface area (Å²) in [5, 5.41) is 19.6. The molecule has 0 aliphatic heterocycles. The second-order valence-corrected chi connectivity index (χ2v) is 7.35. The van der Waals surface area contributed by atoms with E-state index in [0.717, 1.165) is 5.56 Å². The van der Waals surface area contributed by atoms with Crippen LogP contribution in [0, 0.1) is 17.0 Å². The zero-order valence-corrected chi connectivity index (χ0v) is 17.0. The van der Waals surface area contributed by atoms with Gasteiger partial charge < -0.3 is 5.32 Å². The fraction of sp³-hybridized carbons (Fsp3) is 0.0952. The van der Waals surface area contributed by atoms with Crippen molar-refractivity contribution in [2.75, 3.05) is 5.32 Å². The highest BCUT2D eigenvalue weighted by atomic mass is 32.1. The van der Waals surface area contributed by atoms with Gasteiger partial charge in [0.25, 0.3) is 17.5 Å². The molecule has 0 radical (unpaired) electrons. The van der Waals surface area contributed by atoms with E-state index in [0.29, 0.717) is 21.8 Å². The van der Waals surface area contributed by atoms with Gasteiger partial charge in [0.15, 0.2) is 0 Å². The summed E-state index contributed by atoms with van der Waals surface area (Å²) >= 11 is 1.36. The maximum absolute atomic E-state index is 12.3. The predicted molar refractivity (Wildman–Crippen MR) is 116 cm³/mol. The first-order valence-electron chi connectivity index (χ1n) is 8.90. The predicted octanol–water partition coefficient (Wildman–Crippen LogP) is 4.37. The fourth-order valence-corrected chi connectivity index (χ4v) is 3.28. The summed E-state index contributed by atoms with van der Waals surface area (Å²) in [4.78, 5) is 35.4. The third-order valence-electron chi connectivity index (χ3n) is 4.29. The number of carbonyl (C=O) groups excluding carboxylic acids is 2. The maximum Gasteiger partial charge on any atom is 0.272 e. The van der Waals surface area contributed by atoms with Gasteiger partial charge in [-0.25, -0.2) is 5.43 Å². The van der Waals surface area contributed by atoms with Crippen LogP contribution in [0.15, 0.2) is 65.1 Å². The number of nitrogens with one attached hydrogen (secondary N) is 2. The van der Waals surface area contributed by atoms with Gasteiger partial charge in [-0.2, -0.15) is 5.10 Å².